The minimum atomic E-state index is 0.189. The molecule has 3 heteroatoms. The highest BCUT2D eigenvalue weighted by Gasteiger charge is 2.29. The molecule has 0 saturated carbocycles. The molecule has 3 nitrogen and oxygen atoms in total. The second kappa shape index (κ2) is 6.15. The molecule has 0 bridgehead atoms. The van der Waals surface area contributed by atoms with Crippen molar-refractivity contribution in [1.29, 1.82) is 0 Å². The van der Waals surface area contributed by atoms with E-state index in [1.54, 1.807) is 7.11 Å². The second-order valence-corrected chi connectivity index (χ2v) is 6.79. The molecule has 0 unspecified atom stereocenters. The zero-order valence-electron chi connectivity index (χ0n) is 13.4. The molecule has 2 atom stereocenters. The van der Waals surface area contributed by atoms with E-state index in [9.17, 15) is 0 Å². The van der Waals surface area contributed by atoms with Gasteiger partial charge in [0.25, 0.3) is 0 Å². The Kier molecular flexibility index (Phi) is 4.71. The molecule has 2 rings (SSSR count). The Morgan fingerprint density at radius 2 is 2.00 bits per heavy atom. The van der Waals surface area contributed by atoms with Gasteiger partial charge in [0.15, 0.2) is 0 Å². The maximum Gasteiger partial charge on any atom is 0.123 e. The van der Waals surface area contributed by atoms with Gasteiger partial charge in [-0.25, -0.2) is 0 Å². The van der Waals surface area contributed by atoms with E-state index < -0.39 is 0 Å². The summed E-state index contributed by atoms with van der Waals surface area (Å²) in [6.07, 6.45) is 1.22. The third-order valence-corrected chi connectivity index (χ3v) is 3.99. The van der Waals surface area contributed by atoms with E-state index in [0.29, 0.717) is 12.1 Å². The zero-order valence-corrected chi connectivity index (χ0v) is 13.4. The topological polar surface area (TPSA) is 24.5 Å². The number of nitrogens with one attached hydrogen (secondary N) is 1. The first kappa shape index (κ1) is 15.3. The van der Waals surface area contributed by atoms with Gasteiger partial charge < -0.3 is 10.1 Å². The van der Waals surface area contributed by atoms with Crippen LogP contribution < -0.4 is 10.1 Å². The highest BCUT2D eigenvalue weighted by atomic mass is 16.5. The van der Waals surface area contributed by atoms with Crippen LogP contribution in [0.3, 0.4) is 0 Å². The molecule has 0 radical (unpaired) electrons. The summed E-state index contributed by atoms with van der Waals surface area (Å²) in [6, 6.07) is 9.34. The fourth-order valence-corrected chi connectivity index (χ4v) is 3.08. The fourth-order valence-electron chi connectivity index (χ4n) is 3.08. The van der Waals surface area contributed by atoms with Crippen LogP contribution in [-0.2, 0) is 0 Å². The summed E-state index contributed by atoms with van der Waals surface area (Å²) in [6.45, 7) is 11.2. The number of methoxy groups -OCH3 is 1. The van der Waals surface area contributed by atoms with Crippen LogP contribution in [0.4, 0.5) is 0 Å². The molecule has 1 fully saturated rings. The number of benzene rings is 1. The predicted octanol–water partition coefficient (Wildman–Crippen LogP) is 3.22. The number of hydrogen-bond donors (Lipinski definition) is 1. The van der Waals surface area contributed by atoms with Gasteiger partial charge in [-0.15, -0.1) is 0 Å². The van der Waals surface area contributed by atoms with Crippen molar-refractivity contribution in [3.05, 3.63) is 29.8 Å². The van der Waals surface area contributed by atoms with Crippen molar-refractivity contribution >= 4 is 0 Å². The zero-order chi connectivity index (χ0) is 14.8. The van der Waals surface area contributed by atoms with Crippen LogP contribution in [-0.4, -0.2) is 36.7 Å². The summed E-state index contributed by atoms with van der Waals surface area (Å²) in [5.41, 5.74) is 1.47. The van der Waals surface area contributed by atoms with Crippen molar-refractivity contribution in [3.63, 3.8) is 0 Å². The molecule has 1 saturated heterocycles. The first-order chi connectivity index (χ1) is 9.40. The minimum absolute atomic E-state index is 0.189. The Hall–Kier alpha value is -1.06. The second-order valence-electron chi connectivity index (χ2n) is 6.79. The van der Waals surface area contributed by atoms with Crippen molar-refractivity contribution in [3.8, 4) is 5.75 Å². The third kappa shape index (κ3) is 3.74. The molecular formula is C17H28N2O. The molecular weight excluding hydrogens is 248 g/mol. The third-order valence-electron chi connectivity index (χ3n) is 3.99. The van der Waals surface area contributed by atoms with Crippen LogP contribution >= 0.6 is 0 Å². The first-order valence-electron chi connectivity index (χ1n) is 7.55. The quantitative estimate of drug-likeness (QED) is 0.914. The van der Waals surface area contributed by atoms with Gasteiger partial charge in [-0.2, -0.15) is 0 Å². The molecule has 112 valence electrons. The van der Waals surface area contributed by atoms with E-state index in [0.717, 1.165) is 18.8 Å². The summed E-state index contributed by atoms with van der Waals surface area (Å²) < 4.78 is 5.49. The first-order valence-corrected chi connectivity index (χ1v) is 7.55. The molecule has 0 aliphatic carbocycles. The lowest BCUT2D eigenvalue weighted by atomic mass is 10.1. The summed E-state index contributed by atoms with van der Waals surface area (Å²) >= 11 is 0. The molecule has 0 amide bonds. The van der Waals surface area contributed by atoms with Gasteiger partial charge >= 0.3 is 0 Å². The van der Waals surface area contributed by atoms with Gasteiger partial charge in [0.05, 0.1) is 7.11 Å². The predicted molar refractivity (Wildman–Crippen MR) is 84.3 cm³/mol. The largest absolute Gasteiger partial charge is 0.496 e. The highest BCUT2D eigenvalue weighted by molar-refractivity contribution is 5.35. The van der Waals surface area contributed by atoms with Gasteiger partial charge in [-0.1, -0.05) is 18.2 Å². The number of hydrogen-bond acceptors (Lipinski definition) is 3. The van der Waals surface area contributed by atoms with Gasteiger partial charge in [-0.05, 0) is 40.2 Å². The minimum Gasteiger partial charge on any atom is -0.496 e. The van der Waals surface area contributed by atoms with Gasteiger partial charge in [0.1, 0.15) is 5.75 Å². The van der Waals surface area contributed by atoms with Crippen molar-refractivity contribution < 1.29 is 4.74 Å². The lowest BCUT2D eigenvalue weighted by Gasteiger charge is -2.28. The van der Waals surface area contributed by atoms with Crippen LogP contribution in [0.25, 0.3) is 0 Å². The van der Waals surface area contributed by atoms with Crippen LogP contribution in [0.1, 0.15) is 45.7 Å². The molecule has 0 aromatic heterocycles. The maximum atomic E-state index is 5.49. The van der Waals surface area contributed by atoms with Crippen LogP contribution in [0.2, 0.25) is 0 Å². The van der Waals surface area contributed by atoms with Crippen molar-refractivity contribution in [1.82, 2.24) is 10.2 Å². The monoisotopic (exact) mass is 276 g/mol. The van der Waals surface area contributed by atoms with E-state index in [4.69, 9.17) is 4.74 Å². The molecule has 1 aliphatic rings. The van der Waals surface area contributed by atoms with Gasteiger partial charge in [0, 0.05) is 36.3 Å². The Morgan fingerprint density at radius 1 is 1.30 bits per heavy atom. The van der Waals surface area contributed by atoms with Crippen molar-refractivity contribution in [2.75, 3.05) is 20.2 Å². The Labute approximate surface area is 123 Å². The molecule has 1 aromatic carbocycles. The standard InChI is InChI=1S/C17H28N2O/c1-13(15-8-6-7-9-16(15)20-5)19-11-10-14(12-19)18-17(2,3)4/h6-9,13-14,18H,10-12H2,1-5H3/t13-,14-/m0/s1. The summed E-state index contributed by atoms with van der Waals surface area (Å²) in [5, 5.41) is 3.71. The number of likely N-dealkylation sites (tertiary alicyclic amines) is 1. The van der Waals surface area contributed by atoms with Crippen LogP contribution in [0.5, 0.6) is 5.75 Å². The summed E-state index contributed by atoms with van der Waals surface area (Å²) in [5.74, 6) is 0.993. The molecule has 1 aromatic rings. The Bertz CT molecular complexity index is 439. The van der Waals surface area contributed by atoms with E-state index in [1.807, 2.05) is 12.1 Å². The van der Waals surface area contributed by atoms with Gasteiger partial charge in [0.2, 0.25) is 0 Å². The number of rotatable bonds is 4. The Balaban J connectivity index is 2.02. The smallest absolute Gasteiger partial charge is 0.123 e. The lowest BCUT2D eigenvalue weighted by Crippen LogP contribution is -2.45. The van der Waals surface area contributed by atoms with E-state index in [2.05, 4.69) is 50.0 Å². The maximum absolute atomic E-state index is 5.49. The molecule has 1 heterocycles. The lowest BCUT2D eigenvalue weighted by molar-refractivity contribution is 0.243. The molecule has 20 heavy (non-hydrogen) atoms. The SMILES string of the molecule is COc1ccccc1[C@H](C)N1CC[C@H](NC(C)(C)C)C1. The molecule has 1 N–H and O–H groups in total. The van der Waals surface area contributed by atoms with E-state index in [1.165, 1.54) is 12.0 Å². The van der Waals surface area contributed by atoms with Crippen molar-refractivity contribution in [2.24, 2.45) is 0 Å². The fraction of sp³-hybridized carbons (Fsp3) is 0.647. The van der Waals surface area contributed by atoms with Gasteiger partial charge in [-0.3, -0.25) is 4.90 Å². The van der Waals surface area contributed by atoms with E-state index in [-0.39, 0.29) is 5.54 Å². The summed E-state index contributed by atoms with van der Waals surface area (Å²) in [7, 11) is 1.75. The molecule has 0 spiro atoms. The van der Waals surface area contributed by atoms with E-state index >= 15 is 0 Å². The highest BCUT2D eigenvalue weighted by Crippen LogP contribution is 2.31. The van der Waals surface area contributed by atoms with Crippen LogP contribution in [0, 0.1) is 0 Å². The summed E-state index contributed by atoms with van der Waals surface area (Å²) in [4.78, 5) is 2.54. The number of para-hydroxylation sites is 1. The average Bonchev–Trinajstić information content (AvgIpc) is 2.84. The number of nitrogens with zero attached hydrogens (tertiary/aromatic N) is 1. The Morgan fingerprint density at radius 3 is 2.65 bits per heavy atom. The number of ether oxygens (including phenoxy) is 1. The average molecular weight is 276 g/mol. The molecule has 1 aliphatic heterocycles. The van der Waals surface area contributed by atoms with Crippen LogP contribution in [0.15, 0.2) is 24.3 Å². The normalized spacial score (nSPS) is 21.9. The van der Waals surface area contributed by atoms with Crippen molar-refractivity contribution in [2.45, 2.75) is 51.7 Å².